The number of amides is 2. The summed E-state index contributed by atoms with van der Waals surface area (Å²) in [4.78, 5) is 51.9. The Hall–Kier alpha value is -8.40. The molecule has 16 heteroatoms. The standard InChI is InChI=1S/C82H102N2O14/c1-7-11-17-31-57-61-41-62-58(32-18-12-8-2)67-44-68-60(34-20-14-10-4)64-42-63-59(33-19-13-9-3)66-43-65(57)79-69(45-83-73(87)37-21-15-27-39-89-71-35-25-23-29-55(71)47-85)80(66)96-51-93-77(63)54(6)78(64)94-52-98-82(68)70(81(67)97-50-92-76(62)53(5)75(61)91-49-95-79)46-84-74(88)38-22-16-28-40-90-72-36-26-24-30-56(72)48-86/h23-26,29-30,35-36,41-44,47-48,57-60H,7-22,27-28,31-34,37-40,45-46,49-52H2,1-6H3,(H,83,87)(H,84,88). The van der Waals surface area contributed by atoms with Crippen molar-refractivity contribution in [1.29, 1.82) is 0 Å². The molecule has 0 spiro atoms. The first-order valence-corrected chi connectivity index (χ1v) is 36.7. The van der Waals surface area contributed by atoms with E-state index in [9.17, 15) is 19.2 Å². The molecule has 5 aliphatic rings. The lowest BCUT2D eigenvalue weighted by molar-refractivity contribution is -0.122. The Kier molecular flexibility index (Phi) is 25.2. The summed E-state index contributed by atoms with van der Waals surface area (Å²) in [6, 6.07) is 24.0. The second-order valence-electron chi connectivity index (χ2n) is 27.1. The average Bonchev–Trinajstić information content (AvgIpc) is 0.774. The summed E-state index contributed by atoms with van der Waals surface area (Å²) in [5, 5.41) is 6.73. The molecule has 11 rings (SSSR count). The van der Waals surface area contributed by atoms with Crippen molar-refractivity contribution in [3.63, 3.8) is 0 Å². The Bertz CT molecular complexity index is 3360. The molecule has 6 aromatic rings. The summed E-state index contributed by atoms with van der Waals surface area (Å²) in [5.74, 6) is 5.52. The SMILES string of the molecule is CCCCCC1c2cc3c4c(C)c2OCOc2c1cc1c(c2CNC(=O)CCCCCOc2ccccc2C=O)OCOc2c(cc5c(c2C)OCOc2c(cc(c(c2CNC(=O)CCCCCOc2ccccc2C=O)OCO4)C3CCCCC)C5CCCCC)C1CCCCC. The number of ether oxygens (including phenoxy) is 10. The molecule has 98 heavy (non-hydrogen) atoms. The molecule has 16 nitrogen and oxygen atoms in total. The minimum Gasteiger partial charge on any atom is -0.493 e. The van der Waals surface area contributed by atoms with E-state index in [1.807, 2.05) is 24.3 Å². The van der Waals surface area contributed by atoms with Gasteiger partial charge in [0.1, 0.15) is 57.5 Å². The number of para-hydroxylation sites is 2. The molecule has 2 amide bonds. The summed E-state index contributed by atoms with van der Waals surface area (Å²) < 4.78 is 68.3. The molecule has 0 saturated carbocycles. The van der Waals surface area contributed by atoms with Gasteiger partial charge in [0.05, 0.1) is 48.6 Å². The number of hydrogen-bond donors (Lipinski definition) is 2. The van der Waals surface area contributed by atoms with Crippen LogP contribution in [-0.2, 0) is 22.7 Å². The van der Waals surface area contributed by atoms with Gasteiger partial charge in [0.2, 0.25) is 39.0 Å². The highest BCUT2D eigenvalue weighted by Gasteiger charge is 2.41. The number of carbonyl (C=O) groups is 4. The maximum Gasteiger partial charge on any atom is 0.230 e. The predicted octanol–water partition coefficient (Wildman–Crippen LogP) is 18.5. The number of unbranched alkanes of at least 4 members (excludes halogenated alkanes) is 12. The molecule has 4 atom stereocenters. The molecule has 8 bridgehead atoms. The molecule has 524 valence electrons. The van der Waals surface area contributed by atoms with Crippen molar-refractivity contribution >= 4 is 24.4 Å². The van der Waals surface area contributed by atoms with Crippen molar-refractivity contribution in [1.82, 2.24) is 10.6 Å². The molecule has 4 unspecified atom stereocenters. The quantitative estimate of drug-likeness (QED) is 0.0280. The molecule has 4 heterocycles. The van der Waals surface area contributed by atoms with E-state index in [0.717, 1.165) is 231 Å². The topological polar surface area (TPSA) is 185 Å². The Morgan fingerprint density at radius 2 is 0.673 bits per heavy atom. The highest BCUT2D eigenvalue weighted by Crippen LogP contribution is 2.58. The molecule has 4 aliphatic heterocycles. The van der Waals surface area contributed by atoms with Gasteiger partial charge in [0, 0.05) is 92.1 Å². The van der Waals surface area contributed by atoms with Gasteiger partial charge in [0.15, 0.2) is 12.6 Å². The van der Waals surface area contributed by atoms with Crippen molar-refractivity contribution in [2.75, 3.05) is 40.4 Å². The maximum atomic E-state index is 14.3. The molecule has 6 aromatic carbocycles. The summed E-state index contributed by atoms with van der Waals surface area (Å²) in [7, 11) is 0. The Labute approximate surface area is 579 Å². The van der Waals surface area contributed by atoms with Crippen molar-refractivity contribution in [3.05, 3.63) is 151 Å². The molecule has 0 radical (unpaired) electrons. The van der Waals surface area contributed by atoms with Crippen LogP contribution in [0, 0.1) is 13.8 Å². The van der Waals surface area contributed by atoms with Gasteiger partial charge in [0.25, 0.3) is 0 Å². The summed E-state index contributed by atoms with van der Waals surface area (Å²) >= 11 is 0. The minimum absolute atomic E-state index is 0.0853. The van der Waals surface area contributed by atoms with Crippen LogP contribution in [0.5, 0.6) is 57.5 Å². The zero-order valence-corrected chi connectivity index (χ0v) is 58.7. The summed E-state index contributed by atoms with van der Waals surface area (Å²) in [6.45, 7) is 13.9. The van der Waals surface area contributed by atoms with E-state index in [2.05, 4.69) is 76.4 Å². The number of hydrogen-bond acceptors (Lipinski definition) is 14. The highest BCUT2D eigenvalue weighted by molar-refractivity contribution is 5.80. The Morgan fingerprint density at radius 1 is 0.388 bits per heavy atom. The highest BCUT2D eigenvalue weighted by atomic mass is 16.7. The molecule has 2 N–H and O–H groups in total. The number of aldehydes is 2. The van der Waals surface area contributed by atoms with Gasteiger partial charge in [-0.25, -0.2) is 0 Å². The zero-order valence-electron chi connectivity index (χ0n) is 58.7. The van der Waals surface area contributed by atoms with Crippen LogP contribution in [0.1, 0.15) is 293 Å². The summed E-state index contributed by atoms with van der Waals surface area (Å²) in [5.41, 5.74) is 12.6. The van der Waals surface area contributed by atoms with Crippen LogP contribution in [0.15, 0.2) is 72.8 Å². The molecule has 0 saturated heterocycles. The van der Waals surface area contributed by atoms with Crippen molar-refractivity contribution in [2.24, 2.45) is 0 Å². The Morgan fingerprint density at radius 3 is 0.969 bits per heavy atom. The van der Waals surface area contributed by atoms with Crippen LogP contribution in [0.2, 0.25) is 0 Å². The fourth-order valence-electron chi connectivity index (χ4n) is 15.4. The van der Waals surface area contributed by atoms with Gasteiger partial charge in [-0.05, 0) is 127 Å². The van der Waals surface area contributed by atoms with Gasteiger partial charge < -0.3 is 58.0 Å². The van der Waals surface area contributed by atoms with Crippen LogP contribution >= 0.6 is 0 Å². The van der Waals surface area contributed by atoms with E-state index in [1.54, 1.807) is 24.3 Å². The van der Waals surface area contributed by atoms with E-state index in [-0.39, 0.29) is 75.7 Å². The lowest BCUT2D eigenvalue weighted by Gasteiger charge is -2.37. The van der Waals surface area contributed by atoms with Gasteiger partial charge in [-0.1, -0.05) is 129 Å². The van der Waals surface area contributed by atoms with E-state index in [0.29, 0.717) is 84.5 Å². The summed E-state index contributed by atoms with van der Waals surface area (Å²) in [6.07, 6.45) is 21.6. The number of rotatable bonds is 36. The monoisotopic (exact) mass is 1340 g/mol. The van der Waals surface area contributed by atoms with Crippen LogP contribution in [0.4, 0.5) is 0 Å². The first kappa shape index (κ1) is 70.9. The van der Waals surface area contributed by atoms with E-state index in [1.165, 1.54) is 0 Å². The second-order valence-corrected chi connectivity index (χ2v) is 27.1. The number of nitrogens with one attached hydrogen (secondary N) is 2. The largest absolute Gasteiger partial charge is 0.493 e. The molecular weight excluding hydrogens is 1240 g/mol. The third-order valence-electron chi connectivity index (χ3n) is 20.4. The zero-order chi connectivity index (χ0) is 68.3. The van der Waals surface area contributed by atoms with Gasteiger partial charge in [-0.15, -0.1) is 0 Å². The minimum atomic E-state index is -0.232. The molecule has 0 aromatic heterocycles. The van der Waals surface area contributed by atoms with E-state index < -0.39 is 0 Å². The second kappa shape index (κ2) is 34.9. The molecular formula is C82H102N2O14. The third-order valence-corrected chi connectivity index (χ3v) is 20.4. The van der Waals surface area contributed by atoms with Crippen LogP contribution in [0.3, 0.4) is 0 Å². The lowest BCUT2D eigenvalue weighted by Crippen LogP contribution is -2.28. The van der Waals surface area contributed by atoms with E-state index >= 15 is 0 Å². The fraction of sp³-hybridized carbons (Fsp3) is 0.512. The molecule has 0 fully saturated rings. The normalized spacial score (nSPS) is 16.6. The van der Waals surface area contributed by atoms with Crippen molar-refractivity contribution in [2.45, 2.75) is 232 Å². The van der Waals surface area contributed by atoms with Gasteiger partial charge in [-0.3, -0.25) is 19.2 Å². The first-order chi connectivity index (χ1) is 48.1. The smallest absolute Gasteiger partial charge is 0.230 e. The van der Waals surface area contributed by atoms with Crippen LogP contribution in [0.25, 0.3) is 0 Å². The van der Waals surface area contributed by atoms with E-state index in [4.69, 9.17) is 47.4 Å². The number of carbonyl (C=O) groups excluding carboxylic acids is 4. The molecule has 1 aliphatic carbocycles. The third kappa shape index (κ3) is 16.2. The van der Waals surface area contributed by atoms with Crippen molar-refractivity contribution < 1.29 is 66.5 Å². The van der Waals surface area contributed by atoms with Crippen molar-refractivity contribution in [3.8, 4) is 57.5 Å². The van der Waals surface area contributed by atoms with Crippen LogP contribution < -0.4 is 58.0 Å². The predicted molar refractivity (Wildman–Crippen MR) is 379 cm³/mol. The van der Waals surface area contributed by atoms with Crippen LogP contribution in [-0.4, -0.2) is 64.8 Å². The van der Waals surface area contributed by atoms with Gasteiger partial charge in [-0.2, -0.15) is 0 Å². The Balaban J connectivity index is 1.07. The lowest BCUT2D eigenvalue weighted by atomic mass is 9.74. The fourth-order valence-corrected chi connectivity index (χ4v) is 15.4. The first-order valence-electron chi connectivity index (χ1n) is 36.7. The number of benzene rings is 6. The average molecular weight is 1340 g/mol. The maximum absolute atomic E-state index is 14.3. The van der Waals surface area contributed by atoms with Gasteiger partial charge >= 0.3 is 0 Å².